The summed E-state index contributed by atoms with van der Waals surface area (Å²) in [6, 6.07) is 4.06. The Hall–Kier alpha value is -1.83. The van der Waals surface area contributed by atoms with Crippen LogP contribution in [0.3, 0.4) is 0 Å². The number of hydrogen-bond donors (Lipinski definition) is 1. The van der Waals surface area contributed by atoms with Crippen LogP contribution in [0.4, 0.5) is 0 Å². The third-order valence-corrected chi connectivity index (χ3v) is 6.68. The summed E-state index contributed by atoms with van der Waals surface area (Å²) in [7, 11) is -3.17. The summed E-state index contributed by atoms with van der Waals surface area (Å²) in [5.74, 6) is 0. The number of nitrogens with zero attached hydrogens (tertiary/aromatic N) is 3. The summed E-state index contributed by atoms with van der Waals surface area (Å²) < 4.78 is 25.3. The summed E-state index contributed by atoms with van der Waals surface area (Å²) in [5.41, 5.74) is 2.99. The van der Waals surface area contributed by atoms with Crippen LogP contribution in [0.5, 0.6) is 0 Å². The van der Waals surface area contributed by atoms with Gasteiger partial charge in [0.25, 0.3) is 0 Å². The lowest BCUT2D eigenvalue weighted by atomic mass is 10.0. The van der Waals surface area contributed by atoms with Crippen molar-refractivity contribution in [3.63, 3.8) is 0 Å². The number of hydrogen-bond acceptors (Lipinski definition) is 4. The zero-order chi connectivity index (χ0) is 18.3. The number of aromatic amines is 1. The number of H-pyrrole nitrogens is 1. The number of fused-ring (bicyclic) bond motifs is 1. The first-order chi connectivity index (χ1) is 12.4. The quantitative estimate of drug-likeness (QED) is 0.815. The Labute approximate surface area is 158 Å². The summed E-state index contributed by atoms with van der Waals surface area (Å²) in [6.07, 6.45) is 10.9. The second-order valence-corrected chi connectivity index (χ2v) is 9.17. The molecule has 2 aliphatic rings. The lowest BCUT2D eigenvalue weighted by Gasteiger charge is -2.40. The predicted molar refractivity (Wildman–Crippen MR) is 104 cm³/mol. The van der Waals surface area contributed by atoms with Crippen LogP contribution < -0.4 is 0 Å². The van der Waals surface area contributed by atoms with Crippen LogP contribution in [-0.2, 0) is 10.0 Å². The average molecular weight is 393 g/mol. The van der Waals surface area contributed by atoms with E-state index in [1.807, 2.05) is 24.4 Å². The summed E-state index contributed by atoms with van der Waals surface area (Å²) >= 11 is 6.59. The SMILES string of the molecule is CS(=O)(=O)N1CCCC(N2CC=C(c3c[nH]c4ncccc34)C=C2Cl)C1. The van der Waals surface area contributed by atoms with E-state index in [9.17, 15) is 8.42 Å². The Morgan fingerprint density at radius 3 is 3.00 bits per heavy atom. The zero-order valence-corrected chi connectivity index (χ0v) is 16.1. The minimum Gasteiger partial charge on any atom is -0.354 e. The fourth-order valence-corrected chi connectivity index (χ4v) is 4.96. The van der Waals surface area contributed by atoms with Gasteiger partial charge in [-0.1, -0.05) is 17.7 Å². The zero-order valence-electron chi connectivity index (χ0n) is 14.5. The van der Waals surface area contributed by atoms with Crippen molar-refractivity contribution in [2.75, 3.05) is 25.9 Å². The maximum atomic E-state index is 11.9. The monoisotopic (exact) mass is 392 g/mol. The van der Waals surface area contributed by atoms with E-state index < -0.39 is 10.0 Å². The molecule has 4 rings (SSSR count). The molecule has 4 heterocycles. The van der Waals surface area contributed by atoms with Gasteiger partial charge >= 0.3 is 0 Å². The molecule has 1 saturated heterocycles. The molecule has 1 N–H and O–H groups in total. The van der Waals surface area contributed by atoms with Crippen molar-refractivity contribution in [3.05, 3.63) is 47.4 Å². The number of aromatic nitrogens is 2. The fourth-order valence-electron chi connectivity index (χ4n) is 3.74. The molecule has 0 amide bonds. The molecule has 2 aliphatic heterocycles. The number of pyridine rings is 1. The van der Waals surface area contributed by atoms with E-state index >= 15 is 0 Å². The molecule has 0 saturated carbocycles. The molecule has 6 nitrogen and oxygen atoms in total. The third-order valence-electron chi connectivity index (χ3n) is 5.09. The molecule has 138 valence electrons. The van der Waals surface area contributed by atoms with Gasteiger partial charge in [0.15, 0.2) is 0 Å². The van der Waals surface area contributed by atoms with Crippen LogP contribution in [0.2, 0.25) is 0 Å². The summed E-state index contributed by atoms with van der Waals surface area (Å²) in [5, 5.41) is 1.72. The molecule has 1 fully saturated rings. The van der Waals surface area contributed by atoms with E-state index in [2.05, 4.69) is 20.9 Å². The first-order valence-electron chi connectivity index (χ1n) is 8.65. The predicted octanol–water partition coefficient (Wildman–Crippen LogP) is 2.77. The van der Waals surface area contributed by atoms with Gasteiger partial charge in [-0.25, -0.2) is 17.7 Å². The van der Waals surface area contributed by atoms with E-state index in [1.165, 1.54) is 6.26 Å². The Morgan fingerprint density at radius 2 is 2.23 bits per heavy atom. The molecule has 1 atom stereocenters. The van der Waals surface area contributed by atoms with Crippen molar-refractivity contribution in [2.24, 2.45) is 0 Å². The second-order valence-electron chi connectivity index (χ2n) is 6.80. The summed E-state index contributed by atoms with van der Waals surface area (Å²) in [4.78, 5) is 9.60. The smallest absolute Gasteiger partial charge is 0.211 e. The number of rotatable bonds is 3. The van der Waals surface area contributed by atoms with Gasteiger partial charge < -0.3 is 9.88 Å². The number of nitrogens with one attached hydrogen (secondary N) is 1. The van der Waals surface area contributed by atoms with Gasteiger partial charge in [0.1, 0.15) is 10.8 Å². The van der Waals surface area contributed by atoms with Gasteiger partial charge in [-0.05, 0) is 36.6 Å². The van der Waals surface area contributed by atoms with E-state index in [1.54, 1.807) is 10.5 Å². The minimum atomic E-state index is -3.17. The molecular formula is C18H21ClN4O2S. The van der Waals surface area contributed by atoms with Crippen molar-refractivity contribution in [3.8, 4) is 0 Å². The number of piperidine rings is 1. The van der Waals surface area contributed by atoms with Crippen molar-refractivity contribution in [1.29, 1.82) is 0 Å². The summed E-state index contributed by atoms with van der Waals surface area (Å²) in [6.45, 7) is 1.75. The Bertz CT molecular complexity index is 996. The van der Waals surface area contributed by atoms with Crippen molar-refractivity contribution < 1.29 is 8.42 Å². The van der Waals surface area contributed by atoms with Crippen LogP contribution in [0, 0.1) is 0 Å². The molecular weight excluding hydrogens is 372 g/mol. The first kappa shape index (κ1) is 17.6. The Morgan fingerprint density at radius 1 is 1.38 bits per heavy atom. The number of allylic oxidation sites excluding steroid dienone is 2. The van der Waals surface area contributed by atoms with Crippen LogP contribution in [-0.4, -0.2) is 59.5 Å². The lowest BCUT2D eigenvalue weighted by molar-refractivity contribution is 0.190. The molecule has 1 unspecified atom stereocenters. The molecule has 26 heavy (non-hydrogen) atoms. The molecule has 0 bridgehead atoms. The van der Waals surface area contributed by atoms with Gasteiger partial charge in [-0.15, -0.1) is 0 Å². The maximum absolute atomic E-state index is 11.9. The maximum Gasteiger partial charge on any atom is 0.211 e. The van der Waals surface area contributed by atoms with E-state index in [0.29, 0.717) is 24.8 Å². The second kappa shape index (κ2) is 6.72. The first-order valence-corrected chi connectivity index (χ1v) is 10.9. The molecule has 0 aromatic carbocycles. The minimum absolute atomic E-state index is 0.102. The van der Waals surface area contributed by atoms with Crippen LogP contribution in [0.1, 0.15) is 18.4 Å². The Kier molecular flexibility index (Phi) is 4.54. The highest BCUT2D eigenvalue weighted by molar-refractivity contribution is 7.88. The van der Waals surface area contributed by atoms with Gasteiger partial charge in [0.05, 0.1) is 6.26 Å². The van der Waals surface area contributed by atoms with E-state index in [-0.39, 0.29) is 6.04 Å². The van der Waals surface area contributed by atoms with Gasteiger partial charge in [-0.2, -0.15) is 0 Å². The molecule has 2 aromatic heterocycles. The fraction of sp³-hybridized carbons (Fsp3) is 0.389. The average Bonchev–Trinajstić information content (AvgIpc) is 3.05. The van der Waals surface area contributed by atoms with E-state index in [0.717, 1.165) is 35.0 Å². The van der Waals surface area contributed by atoms with E-state index in [4.69, 9.17) is 11.6 Å². The van der Waals surface area contributed by atoms with Crippen LogP contribution >= 0.6 is 11.6 Å². The number of sulfonamides is 1. The molecule has 8 heteroatoms. The van der Waals surface area contributed by atoms with Crippen molar-refractivity contribution >= 4 is 38.2 Å². The molecule has 0 spiro atoms. The normalized spacial score (nSPS) is 22.4. The largest absolute Gasteiger partial charge is 0.354 e. The van der Waals surface area contributed by atoms with Crippen LogP contribution in [0.25, 0.3) is 16.6 Å². The van der Waals surface area contributed by atoms with Crippen molar-refractivity contribution in [2.45, 2.75) is 18.9 Å². The topological polar surface area (TPSA) is 69.3 Å². The van der Waals surface area contributed by atoms with Crippen molar-refractivity contribution in [1.82, 2.24) is 19.2 Å². The molecule has 2 aromatic rings. The van der Waals surface area contributed by atoms with Crippen LogP contribution in [0.15, 0.2) is 41.8 Å². The van der Waals surface area contributed by atoms with Gasteiger partial charge in [0.2, 0.25) is 10.0 Å². The van der Waals surface area contributed by atoms with Gasteiger partial charge in [-0.3, -0.25) is 0 Å². The highest BCUT2D eigenvalue weighted by Crippen LogP contribution is 2.32. The molecule has 0 aliphatic carbocycles. The highest BCUT2D eigenvalue weighted by Gasteiger charge is 2.31. The highest BCUT2D eigenvalue weighted by atomic mass is 35.5. The number of halogens is 1. The lowest BCUT2D eigenvalue weighted by Crippen LogP contribution is -2.49. The van der Waals surface area contributed by atoms with Gasteiger partial charge in [0, 0.05) is 49.0 Å². The standard InChI is InChI=1S/C18H21ClN4O2S/c1-26(24,25)22-8-3-4-14(12-22)23-9-6-13(10-17(23)19)16-11-21-18-15(16)5-2-7-20-18/h2,5-7,10-11,14H,3-4,8-9,12H2,1H3,(H,20,21). The third kappa shape index (κ3) is 3.26. The Balaban J connectivity index is 1.56. The molecule has 0 radical (unpaired) electrons.